The van der Waals surface area contributed by atoms with Gasteiger partial charge in [-0.25, -0.2) is 19.8 Å². The molecule has 3 aromatic rings. The van der Waals surface area contributed by atoms with Crippen molar-refractivity contribution in [2.75, 3.05) is 25.1 Å². The van der Waals surface area contributed by atoms with Gasteiger partial charge in [0.25, 0.3) is 0 Å². The topological polar surface area (TPSA) is 67.3 Å². The number of rotatable bonds is 5. The molecule has 0 unspecified atom stereocenters. The van der Waals surface area contributed by atoms with Crippen LogP contribution in [-0.4, -0.2) is 36.1 Å². The zero-order chi connectivity index (χ0) is 25.2. The maximum Gasteiger partial charge on any atom is 0.451 e. The van der Waals surface area contributed by atoms with E-state index < -0.39 is 17.8 Å². The Bertz CT molecular complexity index is 1190. The number of aryl methyl sites for hydroxylation is 1. The quantitative estimate of drug-likeness (QED) is 0.397. The van der Waals surface area contributed by atoms with Crippen LogP contribution < -0.4 is 10.4 Å². The second-order valence-electron chi connectivity index (χ2n) is 8.40. The van der Waals surface area contributed by atoms with Gasteiger partial charge in [0, 0.05) is 24.6 Å². The van der Waals surface area contributed by atoms with E-state index in [9.17, 15) is 22.4 Å². The zero-order valence-corrected chi connectivity index (χ0v) is 19.2. The molecule has 1 aliphatic heterocycles. The van der Waals surface area contributed by atoms with Crippen LogP contribution in [0.4, 0.5) is 23.4 Å². The number of aromatic nitrogens is 2. The highest BCUT2D eigenvalue weighted by Gasteiger charge is 2.38. The second-order valence-corrected chi connectivity index (χ2v) is 8.40. The van der Waals surface area contributed by atoms with Crippen LogP contribution in [0.15, 0.2) is 48.5 Å². The predicted octanol–water partition coefficient (Wildman–Crippen LogP) is 5.17. The Kier molecular flexibility index (Phi) is 7.02. The highest BCUT2D eigenvalue weighted by molar-refractivity contribution is 5.89. The lowest BCUT2D eigenvalue weighted by Crippen LogP contribution is -2.41. The van der Waals surface area contributed by atoms with Crippen LogP contribution in [0.1, 0.15) is 24.2 Å². The molecular formula is C25H24F4N4O2. The van der Waals surface area contributed by atoms with Gasteiger partial charge in [0.2, 0.25) is 11.7 Å². The molecule has 1 saturated heterocycles. The molecule has 2 heterocycles. The number of hydrogen-bond acceptors (Lipinski definition) is 5. The van der Waals surface area contributed by atoms with Crippen LogP contribution in [0.25, 0.3) is 22.4 Å². The zero-order valence-electron chi connectivity index (χ0n) is 19.2. The number of nitrogens with one attached hydrogen (secondary N) is 1. The summed E-state index contributed by atoms with van der Waals surface area (Å²) in [7, 11) is 1.34. The summed E-state index contributed by atoms with van der Waals surface area (Å²) in [6.07, 6.45) is -3.96. The first-order valence-electron chi connectivity index (χ1n) is 11.1. The van der Waals surface area contributed by atoms with Crippen molar-refractivity contribution < 1.29 is 27.2 Å². The van der Waals surface area contributed by atoms with E-state index in [2.05, 4.69) is 15.4 Å². The van der Waals surface area contributed by atoms with Crippen LogP contribution in [-0.2, 0) is 15.8 Å². The maximum absolute atomic E-state index is 13.9. The fraction of sp³-hybridized carbons (Fsp3) is 0.320. The number of benzene rings is 2. The Morgan fingerprint density at radius 2 is 1.60 bits per heavy atom. The third-order valence-electron chi connectivity index (χ3n) is 5.97. The van der Waals surface area contributed by atoms with Gasteiger partial charge in [-0.05, 0) is 37.5 Å². The number of halogens is 4. The average Bonchev–Trinajstić information content (AvgIpc) is 2.84. The summed E-state index contributed by atoms with van der Waals surface area (Å²) in [5.41, 5.74) is 4.71. The minimum Gasteiger partial charge on any atom is -0.356 e. The average molecular weight is 488 g/mol. The lowest BCUT2D eigenvalue weighted by Gasteiger charge is -2.34. The van der Waals surface area contributed by atoms with Crippen LogP contribution in [0, 0.1) is 18.7 Å². The molecule has 184 valence electrons. The van der Waals surface area contributed by atoms with Crippen molar-refractivity contribution in [2.45, 2.75) is 25.9 Å². The molecule has 0 aliphatic carbocycles. The lowest BCUT2D eigenvalue weighted by molar-refractivity contribution is -0.144. The molecule has 0 saturated carbocycles. The first kappa shape index (κ1) is 24.6. The summed E-state index contributed by atoms with van der Waals surface area (Å²) in [5.74, 6) is -2.23. The first-order valence-corrected chi connectivity index (χ1v) is 11.1. The number of carbonyl (C=O) groups is 1. The molecule has 4 rings (SSSR count). The fourth-order valence-electron chi connectivity index (χ4n) is 4.14. The van der Waals surface area contributed by atoms with Crippen LogP contribution >= 0.6 is 0 Å². The Hall–Kier alpha value is -3.53. The Morgan fingerprint density at radius 3 is 2.17 bits per heavy atom. The van der Waals surface area contributed by atoms with Gasteiger partial charge in [-0.15, -0.1) is 0 Å². The van der Waals surface area contributed by atoms with Crippen LogP contribution in [0.2, 0.25) is 0 Å². The summed E-state index contributed by atoms with van der Waals surface area (Å²) in [6, 6.07) is 12.5. The van der Waals surface area contributed by atoms with Gasteiger partial charge in [0.1, 0.15) is 11.6 Å². The smallest absolute Gasteiger partial charge is 0.356 e. The summed E-state index contributed by atoms with van der Waals surface area (Å²) < 4.78 is 55.3. The molecule has 35 heavy (non-hydrogen) atoms. The van der Waals surface area contributed by atoms with Crippen molar-refractivity contribution in [2.24, 2.45) is 5.92 Å². The Labute approximate surface area is 199 Å². The van der Waals surface area contributed by atoms with E-state index in [4.69, 9.17) is 4.84 Å². The maximum atomic E-state index is 13.9. The standard InChI is InChI=1S/C25H24F4N4O2/c1-15-3-5-17(6-4-15)21-20(16-7-9-19(26)10-8-16)22(31-24(30-21)25(27,28)29)33-13-11-18(12-14-33)23(34)32-35-2/h3-10,18H,11-14H2,1-2H3,(H,32,34). The minimum atomic E-state index is -4.77. The number of nitrogens with zero attached hydrogens (tertiary/aromatic N) is 3. The number of hydroxylamine groups is 1. The van der Waals surface area contributed by atoms with Gasteiger partial charge in [0.15, 0.2) is 0 Å². The second kappa shape index (κ2) is 9.99. The van der Waals surface area contributed by atoms with Crippen molar-refractivity contribution in [3.8, 4) is 22.4 Å². The van der Waals surface area contributed by atoms with E-state index >= 15 is 0 Å². The van der Waals surface area contributed by atoms with Crippen LogP contribution in [0.5, 0.6) is 0 Å². The van der Waals surface area contributed by atoms with Gasteiger partial charge >= 0.3 is 6.18 Å². The van der Waals surface area contributed by atoms with Gasteiger partial charge in [0.05, 0.1) is 18.4 Å². The van der Waals surface area contributed by atoms with Gasteiger partial charge in [-0.3, -0.25) is 9.63 Å². The van der Waals surface area contributed by atoms with Crippen LogP contribution in [0.3, 0.4) is 0 Å². The molecule has 0 spiro atoms. The molecule has 10 heteroatoms. The molecule has 1 amide bonds. The number of anilines is 1. The van der Waals surface area contributed by atoms with Gasteiger partial charge < -0.3 is 4.90 Å². The van der Waals surface area contributed by atoms with Crippen molar-refractivity contribution in [1.29, 1.82) is 0 Å². The molecule has 1 aromatic heterocycles. The highest BCUT2D eigenvalue weighted by atomic mass is 19.4. The lowest BCUT2D eigenvalue weighted by atomic mass is 9.94. The monoisotopic (exact) mass is 488 g/mol. The van der Waals surface area contributed by atoms with Crippen molar-refractivity contribution in [3.05, 3.63) is 65.7 Å². The van der Waals surface area contributed by atoms with Gasteiger partial charge in [-0.1, -0.05) is 42.0 Å². The number of piperidine rings is 1. The molecule has 1 fully saturated rings. The summed E-state index contributed by atoms with van der Waals surface area (Å²) in [5, 5.41) is 0. The number of alkyl halides is 3. The number of amides is 1. The van der Waals surface area contributed by atoms with Crippen molar-refractivity contribution in [1.82, 2.24) is 15.4 Å². The Morgan fingerprint density at radius 1 is 1.00 bits per heavy atom. The largest absolute Gasteiger partial charge is 0.451 e. The molecule has 1 N–H and O–H groups in total. The molecule has 0 atom stereocenters. The molecule has 2 aromatic carbocycles. The van der Waals surface area contributed by atoms with Gasteiger partial charge in [-0.2, -0.15) is 13.2 Å². The van der Waals surface area contributed by atoms with E-state index in [-0.39, 0.29) is 23.3 Å². The third-order valence-corrected chi connectivity index (χ3v) is 5.97. The van der Waals surface area contributed by atoms with E-state index in [1.165, 1.54) is 31.4 Å². The predicted molar refractivity (Wildman–Crippen MR) is 123 cm³/mol. The summed E-state index contributed by atoms with van der Waals surface area (Å²) in [4.78, 5) is 26.4. The van der Waals surface area contributed by atoms with E-state index in [1.54, 1.807) is 29.2 Å². The molecule has 0 radical (unpaired) electrons. The SMILES string of the molecule is CONC(=O)C1CCN(c2nc(C(F)(F)F)nc(-c3ccc(C)cc3)c2-c2ccc(F)cc2)CC1. The first-order chi connectivity index (χ1) is 16.7. The number of hydrogen-bond donors (Lipinski definition) is 1. The molecule has 6 nitrogen and oxygen atoms in total. The van der Waals surface area contributed by atoms with E-state index in [0.717, 1.165) is 5.56 Å². The van der Waals surface area contributed by atoms with E-state index in [0.29, 0.717) is 42.6 Å². The minimum absolute atomic E-state index is 0.0973. The van der Waals surface area contributed by atoms with E-state index in [1.807, 2.05) is 6.92 Å². The highest BCUT2D eigenvalue weighted by Crippen LogP contribution is 2.41. The normalized spacial score (nSPS) is 14.7. The molecular weight excluding hydrogens is 464 g/mol. The van der Waals surface area contributed by atoms with Crippen molar-refractivity contribution >= 4 is 11.7 Å². The molecule has 1 aliphatic rings. The summed E-state index contributed by atoms with van der Waals surface area (Å²) in [6.45, 7) is 2.48. The fourth-order valence-corrected chi connectivity index (χ4v) is 4.14. The summed E-state index contributed by atoms with van der Waals surface area (Å²) >= 11 is 0. The third kappa shape index (κ3) is 5.43. The number of carbonyl (C=O) groups excluding carboxylic acids is 1. The Balaban J connectivity index is 1.87. The van der Waals surface area contributed by atoms with Crippen molar-refractivity contribution in [3.63, 3.8) is 0 Å². The molecule has 0 bridgehead atoms.